The Hall–Kier alpha value is -3.88. The van der Waals surface area contributed by atoms with Crippen LogP contribution in [0.15, 0.2) is 71.1 Å². The smallest absolute Gasteiger partial charge is 0.210 e. The zero-order valence-electron chi connectivity index (χ0n) is 18.7. The Morgan fingerprint density at radius 3 is 1.18 bits per heavy atom. The first-order chi connectivity index (χ1) is 16.3. The molecule has 8 nitrogen and oxygen atoms in total. The first-order valence-corrected chi connectivity index (χ1v) is 10.9. The lowest BCUT2D eigenvalue weighted by Gasteiger charge is -2.29. The van der Waals surface area contributed by atoms with Gasteiger partial charge in [-0.1, -0.05) is 48.5 Å². The molecule has 4 rings (SSSR count). The van der Waals surface area contributed by atoms with Crippen molar-refractivity contribution in [1.29, 1.82) is 0 Å². The molecule has 0 aromatic heterocycles. The Morgan fingerprint density at radius 2 is 0.882 bits per heavy atom. The summed E-state index contributed by atoms with van der Waals surface area (Å²) in [7, 11) is 0. The lowest BCUT2D eigenvalue weighted by atomic mass is 9.77. The molecule has 2 aromatic rings. The SMILES string of the molecule is CC(CO)NC1=C(C2=C(NC(C)CO)C(=O)c3ccccc3C2=O)C(=O)c2ccccc2C1=O. The Morgan fingerprint density at radius 1 is 0.588 bits per heavy atom. The van der Waals surface area contributed by atoms with Crippen molar-refractivity contribution >= 4 is 23.1 Å². The molecule has 0 radical (unpaired) electrons. The lowest BCUT2D eigenvalue weighted by molar-refractivity contribution is 0.0943. The molecule has 2 aromatic carbocycles. The summed E-state index contributed by atoms with van der Waals surface area (Å²) in [5.41, 5.74) is -0.213. The molecule has 2 unspecified atom stereocenters. The molecule has 2 atom stereocenters. The van der Waals surface area contributed by atoms with Crippen LogP contribution in [-0.2, 0) is 0 Å². The van der Waals surface area contributed by atoms with E-state index in [1.165, 1.54) is 24.3 Å². The number of Topliss-reactive ketones (excluding diaryl/α,β-unsaturated/α-hetero) is 4. The number of aliphatic hydroxyl groups is 2. The van der Waals surface area contributed by atoms with Crippen LogP contribution in [0.1, 0.15) is 55.3 Å². The Kier molecular flexibility index (Phi) is 6.28. The van der Waals surface area contributed by atoms with E-state index in [2.05, 4.69) is 10.6 Å². The van der Waals surface area contributed by atoms with Gasteiger partial charge in [-0.2, -0.15) is 0 Å². The molecule has 0 heterocycles. The zero-order valence-corrected chi connectivity index (χ0v) is 18.7. The first-order valence-electron chi connectivity index (χ1n) is 10.9. The van der Waals surface area contributed by atoms with Crippen molar-refractivity contribution in [3.05, 3.63) is 93.3 Å². The highest BCUT2D eigenvalue weighted by Gasteiger charge is 2.42. The standard InChI is InChI=1S/C26H24N2O6/c1-13(11-29)27-21-19(23(31)15-7-3-5-9-17(15)25(21)33)20-22(28-14(2)12-30)26(34)18-10-6-4-8-16(18)24(20)32/h3-10,13-14,27-30H,11-12H2,1-2H3. The van der Waals surface area contributed by atoms with Gasteiger partial charge in [-0.15, -0.1) is 0 Å². The van der Waals surface area contributed by atoms with E-state index in [9.17, 15) is 29.4 Å². The second-order valence-electron chi connectivity index (χ2n) is 8.36. The highest BCUT2D eigenvalue weighted by Crippen LogP contribution is 2.36. The summed E-state index contributed by atoms with van der Waals surface area (Å²) < 4.78 is 0. The van der Waals surface area contributed by atoms with Crippen LogP contribution in [0.2, 0.25) is 0 Å². The van der Waals surface area contributed by atoms with E-state index in [1.807, 2.05) is 0 Å². The number of benzene rings is 2. The summed E-state index contributed by atoms with van der Waals surface area (Å²) in [5.74, 6) is -2.22. The summed E-state index contributed by atoms with van der Waals surface area (Å²) in [6.45, 7) is 2.57. The molecule has 174 valence electrons. The Bertz CT molecular complexity index is 1190. The second kappa shape index (κ2) is 9.17. The molecule has 0 aliphatic heterocycles. The molecular formula is C26H24N2O6. The predicted molar refractivity (Wildman–Crippen MR) is 124 cm³/mol. The maximum Gasteiger partial charge on any atom is 0.210 e. The zero-order chi connectivity index (χ0) is 24.6. The molecule has 34 heavy (non-hydrogen) atoms. The van der Waals surface area contributed by atoms with Crippen LogP contribution in [0.5, 0.6) is 0 Å². The van der Waals surface area contributed by atoms with Gasteiger partial charge in [-0.3, -0.25) is 19.2 Å². The molecule has 0 bridgehead atoms. The van der Waals surface area contributed by atoms with Crippen molar-refractivity contribution in [2.24, 2.45) is 0 Å². The maximum atomic E-state index is 13.7. The summed E-state index contributed by atoms with van der Waals surface area (Å²) in [4.78, 5) is 54.3. The fourth-order valence-electron chi connectivity index (χ4n) is 4.09. The number of nitrogens with one attached hydrogen (secondary N) is 2. The van der Waals surface area contributed by atoms with Crippen LogP contribution in [0.3, 0.4) is 0 Å². The minimum absolute atomic E-state index is 0.117. The molecule has 2 aliphatic rings. The largest absolute Gasteiger partial charge is 0.394 e. The van der Waals surface area contributed by atoms with Gasteiger partial charge < -0.3 is 20.8 Å². The van der Waals surface area contributed by atoms with E-state index in [-0.39, 0.29) is 58.0 Å². The van der Waals surface area contributed by atoms with Gasteiger partial charge in [0.15, 0.2) is 11.6 Å². The van der Waals surface area contributed by atoms with Crippen molar-refractivity contribution in [3.63, 3.8) is 0 Å². The number of hydrogen-bond acceptors (Lipinski definition) is 8. The molecule has 0 saturated heterocycles. The van der Waals surface area contributed by atoms with Gasteiger partial charge in [0.05, 0.1) is 35.8 Å². The van der Waals surface area contributed by atoms with Crippen LogP contribution in [0.4, 0.5) is 0 Å². The topological polar surface area (TPSA) is 133 Å². The third-order valence-electron chi connectivity index (χ3n) is 5.82. The predicted octanol–water partition coefficient (Wildman–Crippen LogP) is 1.59. The van der Waals surface area contributed by atoms with Crippen molar-refractivity contribution in [2.75, 3.05) is 13.2 Å². The highest BCUT2D eigenvalue weighted by molar-refractivity contribution is 6.36. The minimum Gasteiger partial charge on any atom is -0.394 e. The Labute approximate surface area is 196 Å². The summed E-state index contributed by atoms with van der Waals surface area (Å²) >= 11 is 0. The van der Waals surface area contributed by atoms with Gasteiger partial charge >= 0.3 is 0 Å². The monoisotopic (exact) mass is 460 g/mol. The molecule has 0 spiro atoms. The minimum atomic E-state index is -0.609. The number of rotatable bonds is 7. The van der Waals surface area contributed by atoms with Gasteiger partial charge in [0.25, 0.3) is 0 Å². The Balaban J connectivity index is 2.04. The molecule has 0 amide bonds. The first kappa shape index (κ1) is 23.3. The third kappa shape index (κ3) is 3.76. The number of allylic oxidation sites excluding steroid dienone is 4. The van der Waals surface area contributed by atoms with E-state index in [0.29, 0.717) is 0 Å². The maximum absolute atomic E-state index is 13.7. The molecule has 2 aliphatic carbocycles. The van der Waals surface area contributed by atoms with Crippen molar-refractivity contribution < 1.29 is 29.4 Å². The molecule has 4 N–H and O–H groups in total. The van der Waals surface area contributed by atoms with E-state index in [1.54, 1.807) is 38.1 Å². The normalized spacial score (nSPS) is 17.4. The molecular weight excluding hydrogens is 436 g/mol. The van der Waals surface area contributed by atoms with E-state index < -0.39 is 35.2 Å². The highest BCUT2D eigenvalue weighted by atomic mass is 16.3. The van der Waals surface area contributed by atoms with Crippen LogP contribution in [-0.4, -0.2) is 58.6 Å². The van der Waals surface area contributed by atoms with Crippen molar-refractivity contribution in [3.8, 4) is 0 Å². The number of carbonyl (C=O) groups excluding carboxylic acids is 4. The number of fused-ring (bicyclic) bond motifs is 2. The fourth-order valence-corrected chi connectivity index (χ4v) is 4.09. The number of ketones is 4. The summed E-state index contributed by atoms with van der Waals surface area (Å²) in [6, 6.07) is 11.3. The van der Waals surface area contributed by atoms with Crippen LogP contribution in [0.25, 0.3) is 0 Å². The molecule has 0 fully saturated rings. The van der Waals surface area contributed by atoms with Crippen molar-refractivity contribution in [1.82, 2.24) is 10.6 Å². The average Bonchev–Trinajstić information content (AvgIpc) is 2.86. The molecule has 0 saturated carbocycles. The van der Waals surface area contributed by atoms with Gasteiger partial charge in [0.2, 0.25) is 11.6 Å². The van der Waals surface area contributed by atoms with Crippen LogP contribution < -0.4 is 10.6 Å². The van der Waals surface area contributed by atoms with Crippen LogP contribution >= 0.6 is 0 Å². The second-order valence-corrected chi connectivity index (χ2v) is 8.36. The molecule has 8 heteroatoms. The van der Waals surface area contributed by atoms with Crippen molar-refractivity contribution in [2.45, 2.75) is 25.9 Å². The van der Waals surface area contributed by atoms with E-state index in [4.69, 9.17) is 0 Å². The van der Waals surface area contributed by atoms with Gasteiger partial charge in [0.1, 0.15) is 0 Å². The fraction of sp³-hybridized carbons (Fsp3) is 0.231. The summed E-state index contributed by atoms with van der Waals surface area (Å²) in [5, 5.41) is 24.9. The van der Waals surface area contributed by atoms with Gasteiger partial charge in [-0.25, -0.2) is 0 Å². The number of aliphatic hydroxyl groups excluding tert-OH is 2. The van der Waals surface area contributed by atoms with E-state index in [0.717, 1.165) is 0 Å². The lowest BCUT2D eigenvalue weighted by Crippen LogP contribution is -2.41. The van der Waals surface area contributed by atoms with Crippen LogP contribution in [0, 0.1) is 0 Å². The number of carbonyl (C=O) groups is 4. The average molecular weight is 460 g/mol. The summed E-state index contributed by atoms with van der Waals surface area (Å²) in [6.07, 6.45) is 0. The van der Waals surface area contributed by atoms with Gasteiger partial charge in [0, 0.05) is 34.3 Å². The van der Waals surface area contributed by atoms with E-state index >= 15 is 0 Å². The quantitative estimate of drug-likeness (QED) is 0.490. The van der Waals surface area contributed by atoms with Gasteiger partial charge in [-0.05, 0) is 13.8 Å². The third-order valence-corrected chi connectivity index (χ3v) is 5.82. The number of hydrogen-bond donors (Lipinski definition) is 4.